The topological polar surface area (TPSA) is 65.5 Å². The molecule has 0 spiro atoms. The lowest BCUT2D eigenvalue weighted by Gasteiger charge is -2.18. The Morgan fingerprint density at radius 1 is 0.950 bits per heavy atom. The molecule has 110 valence electrons. The monoisotopic (exact) mass is 311 g/mol. The van der Waals surface area contributed by atoms with Gasteiger partial charge in [-0.05, 0) is 51.4 Å². The lowest BCUT2D eigenvalue weighted by Crippen LogP contribution is -2.30. The van der Waals surface area contributed by atoms with Gasteiger partial charge in [0.2, 0.25) is 16.6 Å². The molecule has 0 N–H and O–H groups in total. The maximum Gasteiger partial charge on any atom is 0.343 e. The number of hydrogen-bond acceptors (Lipinski definition) is 5. The fourth-order valence-corrected chi connectivity index (χ4v) is 2.67. The summed E-state index contributed by atoms with van der Waals surface area (Å²) < 4.78 is 10.7. The molecule has 1 heterocycles. The first-order chi connectivity index (χ1) is 8.98. The summed E-state index contributed by atoms with van der Waals surface area (Å²) in [6.07, 6.45) is 1.42. The van der Waals surface area contributed by atoms with E-state index in [1.807, 2.05) is 39.3 Å². The Morgan fingerprint density at radius 2 is 1.45 bits per heavy atom. The molecule has 0 radical (unpaired) electrons. The van der Waals surface area contributed by atoms with Gasteiger partial charge in [0.05, 0.1) is 5.56 Å². The summed E-state index contributed by atoms with van der Waals surface area (Å²) in [6.45, 7) is 11.5. The lowest BCUT2D eigenvalue weighted by molar-refractivity contribution is 0.0718. The Kier molecular flexibility index (Phi) is 4.87. The van der Waals surface area contributed by atoms with Crippen molar-refractivity contribution in [2.75, 3.05) is 0 Å². The highest BCUT2D eigenvalue weighted by Crippen LogP contribution is 2.12. The molecule has 20 heavy (non-hydrogen) atoms. The van der Waals surface area contributed by atoms with Gasteiger partial charge < -0.3 is 8.85 Å². The standard InChI is InChI=1S/C13H21NO4Si2/c1-19(2,3)17-12(15)10-7-8-14-11(9-10)13(16)18-20(4,5)6/h7-9H,1-6H3. The predicted molar refractivity (Wildman–Crippen MR) is 81.8 cm³/mol. The molecule has 0 aliphatic rings. The second kappa shape index (κ2) is 5.88. The van der Waals surface area contributed by atoms with Crippen LogP contribution in [0.25, 0.3) is 0 Å². The zero-order chi connectivity index (χ0) is 15.6. The van der Waals surface area contributed by atoms with Crippen LogP contribution in [-0.2, 0) is 8.85 Å². The molecule has 0 unspecified atom stereocenters. The van der Waals surface area contributed by atoms with Gasteiger partial charge in [0.25, 0.3) is 0 Å². The van der Waals surface area contributed by atoms with Crippen LogP contribution < -0.4 is 0 Å². The van der Waals surface area contributed by atoms with Gasteiger partial charge in [-0.15, -0.1) is 0 Å². The highest BCUT2D eigenvalue weighted by Gasteiger charge is 2.24. The zero-order valence-corrected chi connectivity index (χ0v) is 14.8. The number of carbonyl (C=O) groups is 2. The third-order valence-electron chi connectivity index (χ3n) is 2.00. The molecule has 1 aromatic heterocycles. The molecule has 0 aromatic carbocycles. The van der Waals surface area contributed by atoms with Gasteiger partial charge in [-0.1, -0.05) is 0 Å². The first-order valence-corrected chi connectivity index (χ1v) is 13.2. The van der Waals surface area contributed by atoms with E-state index in [-0.39, 0.29) is 5.69 Å². The molecule has 1 rings (SSSR count). The van der Waals surface area contributed by atoms with Crippen LogP contribution in [0.2, 0.25) is 39.3 Å². The van der Waals surface area contributed by atoms with E-state index in [9.17, 15) is 9.59 Å². The van der Waals surface area contributed by atoms with Crippen molar-refractivity contribution in [3.8, 4) is 0 Å². The van der Waals surface area contributed by atoms with E-state index in [1.165, 1.54) is 18.3 Å². The number of hydrogen-bond donors (Lipinski definition) is 0. The number of aromatic nitrogens is 1. The van der Waals surface area contributed by atoms with Crippen LogP contribution in [0.5, 0.6) is 0 Å². The Morgan fingerprint density at radius 3 is 1.95 bits per heavy atom. The van der Waals surface area contributed by atoms with E-state index in [2.05, 4.69) is 4.98 Å². The molecule has 0 saturated heterocycles. The van der Waals surface area contributed by atoms with Crippen molar-refractivity contribution in [3.05, 3.63) is 29.6 Å². The summed E-state index contributed by atoms with van der Waals surface area (Å²) >= 11 is 0. The molecule has 0 aliphatic carbocycles. The van der Waals surface area contributed by atoms with Crippen LogP contribution in [0.15, 0.2) is 18.3 Å². The maximum atomic E-state index is 12.0. The quantitative estimate of drug-likeness (QED) is 0.800. The minimum atomic E-state index is -1.98. The molecular weight excluding hydrogens is 290 g/mol. The van der Waals surface area contributed by atoms with E-state index in [1.54, 1.807) is 0 Å². The zero-order valence-electron chi connectivity index (χ0n) is 12.8. The van der Waals surface area contributed by atoms with Gasteiger partial charge in [0.15, 0.2) is 0 Å². The summed E-state index contributed by atoms with van der Waals surface area (Å²) in [5.41, 5.74) is 0.461. The predicted octanol–water partition coefficient (Wildman–Crippen LogP) is 3.07. The average Bonchev–Trinajstić information content (AvgIpc) is 2.24. The number of carbonyl (C=O) groups excluding carboxylic acids is 2. The summed E-state index contributed by atoms with van der Waals surface area (Å²) in [5.74, 6) is -0.916. The average molecular weight is 311 g/mol. The van der Waals surface area contributed by atoms with E-state index in [0.717, 1.165) is 0 Å². The summed E-state index contributed by atoms with van der Waals surface area (Å²) in [6, 6.07) is 2.96. The Hall–Kier alpha value is -1.48. The second-order valence-electron chi connectivity index (χ2n) is 6.43. The normalized spacial score (nSPS) is 11.9. The van der Waals surface area contributed by atoms with Gasteiger partial charge in [-0.2, -0.15) is 0 Å². The van der Waals surface area contributed by atoms with E-state index in [0.29, 0.717) is 5.56 Å². The number of nitrogens with zero attached hydrogens (tertiary/aromatic N) is 1. The highest BCUT2D eigenvalue weighted by atomic mass is 28.4. The van der Waals surface area contributed by atoms with E-state index in [4.69, 9.17) is 8.85 Å². The van der Waals surface area contributed by atoms with Crippen molar-refractivity contribution in [3.63, 3.8) is 0 Å². The largest absolute Gasteiger partial charge is 0.516 e. The molecule has 0 atom stereocenters. The van der Waals surface area contributed by atoms with Crippen molar-refractivity contribution in [1.29, 1.82) is 0 Å². The number of pyridine rings is 1. The lowest BCUT2D eigenvalue weighted by atomic mass is 10.2. The molecule has 0 aliphatic heterocycles. The van der Waals surface area contributed by atoms with Gasteiger partial charge in [0, 0.05) is 6.20 Å². The fourth-order valence-electron chi connectivity index (χ4n) is 1.34. The van der Waals surface area contributed by atoms with Crippen LogP contribution in [0.4, 0.5) is 0 Å². The SMILES string of the molecule is C[Si](C)(C)OC(=O)c1ccnc(C(=O)O[Si](C)(C)C)c1. The number of rotatable bonds is 4. The molecule has 0 amide bonds. The van der Waals surface area contributed by atoms with Crippen LogP contribution >= 0.6 is 0 Å². The van der Waals surface area contributed by atoms with Gasteiger partial charge >= 0.3 is 11.9 Å². The highest BCUT2D eigenvalue weighted by molar-refractivity contribution is 6.71. The summed E-state index contributed by atoms with van der Waals surface area (Å²) in [4.78, 5) is 27.8. The van der Waals surface area contributed by atoms with E-state index >= 15 is 0 Å². The Balaban J connectivity index is 2.91. The fraction of sp³-hybridized carbons (Fsp3) is 0.462. The maximum absolute atomic E-state index is 12.0. The van der Waals surface area contributed by atoms with Gasteiger partial charge in [-0.3, -0.25) is 0 Å². The van der Waals surface area contributed by atoms with Gasteiger partial charge in [0.1, 0.15) is 5.69 Å². The third-order valence-corrected chi connectivity index (χ3v) is 3.60. The molecule has 1 aromatic rings. The molecule has 0 saturated carbocycles. The van der Waals surface area contributed by atoms with Crippen molar-refractivity contribution < 1.29 is 18.4 Å². The molecule has 0 fully saturated rings. The van der Waals surface area contributed by atoms with Gasteiger partial charge in [-0.25, -0.2) is 14.6 Å². The van der Waals surface area contributed by atoms with Crippen molar-refractivity contribution in [2.45, 2.75) is 39.3 Å². The Labute approximate surface area is 121 Å². The molecule has 5 nitrogen and oxygen atoms in total. The molecule has 7 heteroatoms. The van der Waals surface area contributed by atoms with Crippen molar-refractivity contribution in [1.82, 2.24) is 4.98 Å². The summed E-state index contributed by atoms with van der Waals surface area (Å²) in [7, 11) is -3.95. The van der Waals surface area contributed by atoms with Crippen LogP contribution in [0.1, 0.15) is 20.8 Å². The second-order valence-corrected chi connectivity index (χ2v) is 15.3. The Bertz CT molecular complexity index is 475. The van der Waals surface area contributed by atoms with Crippen molar-refractivity contribution >= 4 is 28.6 Å². The van der Waals surface area contributed by atoms with Crippen LogP contribution in [0, 0.1) is 0 Å². The summed E-state index contributed by atoms with van der Waals surface area (Å²) in [5, 5.41) is 0. The van der Waals surface area contributed by atoms with E-state index < -0.39 is 28.6 Å². The smallest absolute Gasteiger partial charge is 0.343 e. The minimum Gasteiger partial charge on any atom is -0.516 e. The third kappa shape index (κ3) is 5.66. The molecule has 0 bridgehead atoms. The minimum absolute atomic E-state index is 0.137. The van der Waals surface area contributed by atoms with Crippen LogP contribution in [-0.4, -0.2) is 33.6 Å². The first-order valence-electron chi connectivity index (χ1n) is 6.41. The van der Waals surface area contributed by atoms with Crippen molar-refractivity contribution in [2.24, 2.45) is 0 Å². The first kappa shape index (κ1) is 16.6. The van der Waals surface area contributed by atoms with Crippen LogP contribution in [0.3, 0.4) is 0 Å². The molecular formula is C13H21NO4Si2.